The van der Waals surface area contributed by atoms with Crippen molar-refractivity contribution in [2.45, 2.75) is 6.61 Å². The van der Waals surface area contributed by atoms with E-state index < -0.39 is 0 Å². The zero-order valence-corrected chi connectivity index (χ0v) is 13.4. The Morgan fingerprint density at radius 2 is 1.67 bits per heavy atom. The molecule has 0 bridgehead atoms. The topological polar surface area (TPSA) is 42.2 Å². The van der Waals surface area contributed by atoms with Crippen molar-refractivity contribution in [1.82, 2.24) is 0 Å². The fourth-order valence-electron chi connectivity index (χ4n) is 2.56. The molecule has 0 heterocycles. The first-order valence-corrected chi connectivity index (χ1v) is 7.66. The van der Waals surface area contributed by atoms with Crippen LogP contribution in [-0.4, -0.2) is 7.11 Å². The van der Waals surface area contributed by atoms with Gasteiger partial charge in [-0.15, -0.1) is 0 Å². The number of nitriles is 1. The van der Waals surface area contributed by atoms with Crippen LogP contribution in [0.15, 0.2) is 72.8 Å². The summed E-state index contributed by atoms with van der Waals surface area (Å²) in [4.78, 5) is 0. The van der Waals surface area contributed by atoms with Crippen molar-refractivity contribution in [2.24, 2.45) is 0 Å². The molecule has 0 aromatic heterocycles. The summed E-state index contributed by atoms with van der Waals surface area (Å²) in [6.07, 6.45) is 0. The summed E-state index contributed by atoms with van der Waals surface area (Å²) in [5.41, 5.74) is 3.91. The smallest absolute Gasteiger partial charge is 0.140 e. The molecular formula is C21H17NO2. The summed E-state index contributed by atoms with van der Waals surface area (Å²) in [6.45, 7) is 0.445. The Kier molecular flexibility index (Phi) is 4.78. The molecule has 0 radical (unpaired) electrons. The van der Waals surface area contributed by atoms with Crippen LogP contribution in [0, 0.1) is 11.3 Å². The van der Waals surface area contributed by atoms with E-state index in [-0.39, 0.29) is 0 Å². The summed E-state index contributed by atoms with van der Waals surface area (Å²) in [5, 5.41) is 9.04. The maximum atomic E-state index is 9.04. The Balaban J connectivity index is 1.82. The average molecular weight is 315 g/mol. The van der Waals surface area contributed by atoms with Gasteiger partial charge in [0.2, 0.25) is 0 Å². The molecule has 0 unspecified atom stereocenters. The molecule has 0 amide bonds. The fraction of sp³-hybridized carbons (Fsp3) is 0.0952. The third kappa shape index (κ3) is 3.39. The molecule has 3 nitrogen and oxygen atoms in total. The van der Waals surface area contributed by atoms with Crippen LogP contribution in [0.4, 0.5) is 0 Å². The van der Waals surface area contributed by atoms with Crippen LogP contribution in [-0.2, 0) is 6.61 Å². The van der Waals surface area contributed by atoms with E-state index in [9.17, 15) is 0 Å². The normalized spacial score (nSPS) is 10.0. The van der Waals surface area contributed by atoms with E-state index in [1.165, 1.54) is 0 Å². The van der Waals surface area contributed by atoms with Crippen molar-refractivity contribution in [3.8, 4) is 28.7 Å². The third-order valence-corrected chi connectivity index (χ3v) is 3.79. The van der Waals surface area contributed by atoms with Gasteiger partial charge in [-0.1, -0.05) is 54.6 Å². The standard InChI is InChI=1S/C21H17NO2/c1-23-21-13-19(12-11-17(21)14-22)24-15-18-9-5-6-10-20(18)16-7-3-2-4-8-16/h2-13H,15H2,1H3. The molecule has 3 aromatic rings. The van der Waals surface area contributed by atoms with Crippen LogP contribution < -0.4 is 9.47 Å². The predicted octanol–water partition coefficient (Wildman–Crippen LogP) is 4.81. The Bertz CT molecular complexity index is 867. The van der Waals surface area contributed by atoms with Crippen LogP contribution in [0.1, 0.15) is 11.1 Å². The molecule has 3 aromatic carbocycles. The summed E-state index contributed by atoms with van der Waals surface area (Å²) < 4.78 is 11.1. The molecule has 0 saturated carbocycles. The van der Waals surface area contributed by atoms with E-state index in [0.717, 1.165) is 16.7 Å². The maximum Gasteiger partial charge on any atom is 0.140 e. The molecular weight excluding hydrogens is 298 g/mol. The molecule has 24 heavy (non-hydrogen) atoms. The Hall–Kier alpha value is -3.25. The van der Waals surface area contributed by atoms with Gasteiger partial charge in [0, 0.05) is 6.07 Å². The monoisotopic (exact) mass is 315 g/mol. The summed E-state index contributed by atoms with van der Waals surface area (Å²) in [5.74, 6) is 1.19. The summed E-state index contributed by atoms with van der Waals surface area (Å²) in [6, 6.07) is 25.7. The summed E-state index contributed by atoms with van der Waals surface area (Å²) >= 11 is 0. The minimum Gasteiger partial charge on any atom is -0.495 e. The minimum absolute atomic E-state index is 0.445. The van der Waals surface area contributed by atoms with E-state index in [0.29, 0.717) is 23.7 Å². The van der Waals surface area contributed by atoms with Gasteiger partial charge in [-0.2, -0.15) is 5.26 Å². The molecule has 0 saturated heterocycles. The van der Waals surface area contributed by atoms with Crippen molar-refractivity contribution in [1.29, 1.82) is 5.26 Å². The first-order valence-electron chi connectivity index (χ1n) is 7.66. The second-order valence-corrected chi connectivity index (χ2v) is 5.29. The van der Waals surface area contributed by atoms with Gasteiger partial charge < -0.3 is 9.47 Å². The van der Waals surface area contributed by atoms with Crippen molar-refractivity contribution in [3.63, 3.8) is 0 Å². The number of ether oxygens (including phenoxy) is 2. The lowest BCUT2D eigenvalue weighted by molar-refractivity contribution is 0.304. The number of hydrogen-bond acceptors (Lipinski definition) is 3. The fourth-order valence-corrected chi connectivity index (χ4v) is 2.56. The van der Waals surface area contributed by atoms with Gasteiger partial charge >= 0.3 is 0 Å². The van der Waals surface area contributed by atoms with Crippen LogP contribution in [0.5, 0.6) is 11.5 Å². The summed E-state index contributed by atoms with van der Waals surface area (Å²) in [7, 11) is 1.55. The van der Waals surface area contributed by atoms with E-state index in [2.05, 4.69) is 30.3 Å². The quantitative estimate of drug-likeness (QED) is 0.678. The van der Waals surface area contributed by atoms with Crippen LogP contribution in [0.25, 0.3) is 11.1 Å². The van der Waals surface area contributed by atoms with Crippen LogP contribution in [0.2, 0.25) is 0 Å². The van der Waals surface area contributed by atoms with Crippen LogP contribution >= 0.6 is 0 Å². The van der Waals surface area contributed by atoms with Gasteiger partial charge in [0.05, 0.1) is 12.7 Å². The average Bonchev–Trinajstić information content (AvgIpc) is 2.67. The number of nitrogens with zero attached hydrogens (tertiary/aromatic N) is 1. The highest BCUT2D eigenvalue weighted by Crippen LogP contribution is 2.27. The second-order valence-electron chi connectivity index (χ2n) is 5.29. The predicted molar refractivity (Wildman–Crippen MR) is 93.9 cm³/mol. The first-order chi connectivity index (χ1) is 11.8. The number of hydrogen-bond donors (Lipinski definition) is 0. The molecule has 0 spiro atoms. The Morgan fingerprint density at radius 1 is 0.917 bits per heavy atom. The molecule has 3 heteroatoms. The number of benzene rings is 3. The largest absolute Gasteiger partial charge is 0.495 e. The van der Waals surface area contributed by atoms with Gasteiger partial charge in [-0.05, 0) is 28.8 Å². The Morgan fingerprint density at radius 3 is 2.42 bits per heavy atom. The van der Waals surface area contributed by atoms with Gasteiger partial charge in [0.1, 0.15) is 24.2 Å². The molecule has 0 fully saturated rings. The molecule has 3 rings (SSSR count). The van der Waals surface area contributed by atoms with Crippen LogP contribution in [0.3, 0.4) is 0 Å². The lowest BCUT2D eigenvalue weighted by Gasteiger charge is -2.12. The second kappa shape index (κ2) is 7.34. The molecule has 0 N–H and O–H groups in total. The SMILES string of the molecule is COc1cc(OCc2ccccc2-c2ccccc2)ccc1C#N. The third-order valence-electron chi connectivity index (χ3n) is 3.79. The van der Waals surface area contributed by atoms with E-state index in [1.807, 2.05) is 30.3 Å². The van der Waals surface area contributed by atoms with Gasteiger partial charge in [0.15, 0.2) is 0 Å². The molecule has 0 aliphatic carbocycles. The zero-order chi connectivity index (χ0) is 16.8. The molecule has 0 aliphatic heterocycles. The van der Waals surface area contributed by atoms with Crippen molar-refractivity contribution >= 4 is 0 Å². The van der Waals surface area contributed by atoms with E-state index in [4.69, 9.17) is 14.7 Å². The number of methoxy groups -OCH3 is 1. The molecule has 118 valence electrons. The highest BCUT2D eigenvalue weighted by atomic mass is 16.5. The first kappa shape index (κ1) is 15.6. The van der Waals surface area contributed by atoms with E-state index in [1.54, 1.807) is 25.3 Å². The molecule has 0 aliphatic rings. The van der Waals surface area contributed by atoms with Gasteiger partial charge in [0.25, 0.3) is 0 Å². The van der Waals surface area contributed by atoms with Gasteiger partial charge in [-0.25, -0.2) is 0 Å². The number of rotatable bonds is 5. The minimum atomic E-state index is 0.445. The zero-order valence-electron chi connectivity index (χ0n) is 13.4. The van der Waals surface area contributed by atoms with E-state index >= 15 is 0 Å². The lowest BCUT2D eigenvalue weighted by Crippen LogP contribution is -1.98. The molecule has 0 atom stereocenters. The highest BCUT2D eigenvalue weighted by molar-refractivity contribution is 5.67. The van der Waals surface area contributed by atoms with Crippen molar-refractivity contribution < 1.29 is 9.47 Å². The van der Waals surface area contributed by atoms with Crippen molar-refractivity contribution in [2.75, 3.05) is 7.11 Å². The maximum absolute atomic E-state index is 9.04. The lowest BCUT2D eigenvalue weighted by atomic mass is 10.0. The van der Waals surface area contributed by atoms with Crippen molar-refractivity contribution in [3.05, 3.63) is 83.9 Å². The Labute approximate surface area is 141 Å². The van der Waals surface area contributed by atoms with Gasteiger partial charge in [-0.3, -0.25) is 0 Å². The highest BCUT2D eigenvalue weighted by Gasteiger charge is 2.07.